The van der Waals surface area contributed by atoms with Crippen LogP contribution in [0.3, 0.4) is 0 Å². The SMILES string of the molecule is O=S(=O)(c1ccccc1)N1CC[NH+](C[C@H](O)c2ccccc2)CC1. The van der Waals surface area contributed by atoms with E-state index in [4.69, 9.17) is 0 Å². The number of hydrogen-bond donors (Lipinski definition) is 2. The molecular formula is C18H23N2O3S+. The van der Waals surface area contributed by atoms with Gasteiger partial charge in [-0.1, -0.05) is 48.5 Å². The summed E-state index contributed by atoms with van der Waals surface area (Å²) in [4.78, 5) is 1.57. The Morgan fingerprint density at radius 3 is 2.08 bits per heavy atom. The highest BCUT2D eigenvalue weighted by molar-refractivity contribution is 7.89. The molecule has 0 aliphatic carbocycles. The van der Waals surface area contributed by atoms with Crippen molar-refractivity contribution in [1.29, 1.82) is 0 Å². The number of hydrogen-bond acceptors (Lipinski definition) is 3. The van der Waals surface area contributed by atoms with Crippen LogP contribution in [0.4, 0.5) is 0 Å². The standard InChI is InChI=1S/C18H22N2O3S/c21-18(16-7-3-1-4-8-16)15-19-11-13-20(14-12-19)24(22,23)17-9-5-2-6-10-17/h1-10,18,21H,11-15H2/p+1/t18-/m0/s1. The van der Waals surface area contributed by atoms with Crippen LogP contribution >= 0.6 is 0 Å². The van der Waals surface area contributed by atoms with Crippen LogP contribution in [-0.2, 0) is 10.0 Å². The highest BCUT2D eigenvalue weighted by Gasteiger charge is 2.31. The predicted molar refractivity (Wildman–Crippen MR) is 92.2 cm³/mol. The summed E-state index contributed by atoms with van der Waals surface area (Å²) in [6.45, 7) is 2.97. The van der Waals surface area contributed by atoms with Gasteiger partial charge in [-0.2, -0.15) is 4.31 Å². The van der Waals surface area contributed by atoms with Gasteiger partial charge in [0.05, 0.1) is 31.1 Å². The Morgan fingerprint density at radius 1 is 0.958 bits per heavy atom. The molecule has 1 fully saturated rings. The average Bonchev–Trinajstić information content (AvgIpc) is 2.63. The molecule has 1 atom stereocenters. The van der Waals surface area contributed by atoms with E-state index in [1.807, 2.05) is 36.4 Å². The smallest absolute Gasteiger partial charge is 0.243 e. The van der Waals surface area contributed by atoms with Crippen LogP contribution in [0, 0.1) is 0 Å². The third kappa shape index (κ3) is 3.84. The Balaban J connectivity index is 1.58. The molecule has 1 saturated heterocycles. The fraction of sp³-hybridized carbons (Fsp3) is 0.333. The Hall–Kier alpha value is -1.73. The molecule has 2 aromatic carbocycles. The Morgan fingerprint density at radius 2 is 1.50 bits per heavy atom. The van der Waals surface area contributed by atoms with E-state index >= 15 is 0 Å². The lowest BCUT2D eigenvalue weighted by Gasteiger charge is -2.32. The first kappa shape index (κ1) is 17.1. The molecule has 5 nitrogen and oxygen atoms in total. The number of quaternary nitrogens is 1. The van der Waals surface area contributed by atoms with E-state index in [0.717, 1.165) is 5.56 Å². The summed E-state index contributed by atoms with van der Waals surface area (Å²) in [5, 5.41) is 10.3. The summed E-state index contributed by atoms with van der Waals surface area (Å²) in [5.41, 5.74) is 0.907. The summed E-state index contributed by atoms with van der Waals surface area (Å²) in [6.07, 6.45) is -0.515. The number of rotatable bonds is 5. The largest absolute Gasteiger partial charge is 0.382 e. The highest BCUT2D eigenvalue weighted by atomic mass is 32.2. The van der Waals surface area contributed by atoms with Crippen molar-refractivity contribution in [2.75, 3.05) is 32.7 Å². The molecule has 2 N–H and O–H groups in total. The lowest BCUT2D eigenvalue weighted by Crippen LogP contribution is -3.15. The van der Waals surface area contributed by atoms with Gasteiger partial charge in [0, 0.05) is 0 Å². The van der Waals surface area contributed by atoms with Crippen molar-refractivity contribution in [2.24, 2.45) is 0 Å². The molecule has 0 amide bonds. The number of piperazine rings is 1. The lowest BCUT2D eigenvalue weighted by atomic mass is 10.1. The maximum absolute atomic E-state index is 12.6. The molecule has 24 heavy (non-hydrogen) atoms. The zero-order valence-electron chi connectivity index (χ0n) is 13.5. The van der Waals surface area contributed by atoms with Gasteiger partial charge in [0.1, 0.15) is 12.6 Å². The van der Waals surface area contributed by atoms with Gasteiger partial charge < -0.3 is 10.0 Å². The van der Waals surface area contributed by atoms with E-state index in [1.54, 1.807) is 28.6 Å². The third-order valence-electron chi connectivity index (χ3n) is 4.48. The topological polar surface area (TPSA) is 62.0 Å². The zero-order valence-corrected chi connectivity index (χ0v) is 14.3. The molecule has 1 aliphatic rings. The molecule has 0 bridgehead atoms. The van der Waals surface area contributed by atoms with Gasteiger partial charge in [0.15, 0.2) is 0 Å². The minimum Gasteiger partial charge on any atom is -0.382 e. The molecule has 128 valence electrons. The number of aliphatic hydroxyl groups is 1. The van der Waals surface area contributed by atoms with Crippen LogP contribution in [0.5, 0.6) is 0 Å². The van der Waals surface area contributed by atoms with Crippen molar-refractivity contribution in [3.63, 3.8) is 0 Å². The zero-order chi connectivity index (χ0) is 17.0. The first-order valence-corrected chi connectivity index (χ1v) is 9.63. The van der Waals surface area contributed by atoms with E-state index in [9.17, 15) is 13.5 Å². The Kier molecular flexibility index (Phi) is 5.30. The minimum absolute atomic E-state index is 0.345. The second-order valence-corrected chi connectivity index (χ2v) is 8.04. The fourth-order valence-corrected chi connectivity index (χ4v) is 4.52. The van der Waals surface area contributed by atoms with E-state index in [-0.39, 0.29) is 0 Å². The van der Waals surface area contributed by atoms with Gasteiger partial charge in [-0.15, -0.1) is 0 Å². The normalized spacial score (nSPS) is 18.4. The van der Waals surface area contributed by atoms with Crippen molar-refractivity contribution in [3.8, 4) is 0 Å². The van der Waals surface area contributed by atoms with Crippen molar-refractivity contribution < 1.29 is 18.4 Å². The fourth-order valence-electron chi connectivity index (χ4n) is 3.05. The molecule has 1 heterocycles. The summed E-state index contributed by atoms with van der Waals surface area (Å²) in [6, 6.07) is 18.1. The summed E-state index contributed by atoms with van der Waals surface area (Å²) >= 11 is 0. The first-order chi connectivity index (χ1) is 11.6. The maximum atomic E-state index is 12.6. The van der Waals surface area contributed by atoms with E-state index in [1.165, 1.54) is 4.90 Å². The summed E-state index contributed by atoms with van der Waals surface area (Å²) in [7, 11) is -3.41. The van der Waals surface area contributed by atoms with Gasteiger partial charge in [-0.25, -0.2) is 8.42 Å². The predicted octanol–water partition coefficient (Wildman–Crippen LogP) is 0.309. The molecule has 1 aliphatic heterocycles. The van der Waals surface area contributed by atoms with E-state index < -0.39 is 16.1 Å². The molecule has 0 unspecified atom stereocenters. The monoisotopic (exact) mass is 347 g/mol. The number of nitrogens with zero attached hydrogens (tertiary/aromatic N) is 1. The number of aliphatic hydroxyl groups excluding tert-OH is 1. The van der Waals surface area contributed by atoms with Crippen LogP contribution in [0.2, 0.25) is 0 Å². The molecule has 6 heteroatoms. The summed E-state index contributed by atoms with van der Waals surface area (Å²) in [5.74, 6) is 0. The van der Waals surface area contributed by atoms with Crippen molar-refractivity contribution in [3.05, 3.63) is 66.2 Å². The molecule has 0 saturated carbocycles. The molecule has 0 aromatic heterocycles. The van der Waals surface area contributed by atoms with E-state index in [2.05, 4.69) is 0 Å². The number of nitrogens with one attached hydrogen (secondary N) is 1. The minimum atomic E-state index is -3.41. The lowest BCUT2D eigenvalue weighted by molar-refractivity contribution is -0.907. The first-order valence-electron chi connectivity index (χ1n) is 8.19. The van der Waals surface area contributed by atoms with Gasteiger partial charge in [-0.3, -0.25) is 0 Å². The van der Waals surface area contributed by atoms with Gasteiger partial charge in [-0.05, 0) is 17.7 Å². The number of benzene rings is 2. The molecular weight excluding hydrogens is 324 g/mol. The van der Waals surface area contributed by atoms with Crippen LogP contribution < -0.4 is 4.90 Å². The number of sulfonamides is 1. The van der Waals surface area contributed by atoms with Crippen LogP contribution in [0.25, 0.3) is 0 Å². The second kappa shape index (κ2) is 7.44. The highest BCUT2D eigenvalue weighted by Crippen LogP contribution is 2.15. The van der Waals surface area contributed by atoms with Crippen molar-refractivity contribution >= 4 is 10.0 Å². The van der Waals surface area contributed by atoms with E-state index in [0.29, 0.717) is 37.6 Å². The Bertz CT molecular complexity index is 742. The van der Waals surface area contributed by atoms with Gasteiger partial charge >= 0.3 is 0 Å². The second-order valence-electron chi connectivity index (χ2n) is 6.10. The molecule has 0 spiro atoms. The van der Waals surface area contributed by atoms with Crippen molar-refractivity contribution in [1.82, 2.24) is 4.31 Å². The third-order valence-corrected chi connectivity index (χ3v) is 6.39. The van der Waals surface area contributed by atoms with Gasteiger partial charge in [0.2, 0.25) is 10.0 Å². The Labute approximate surface area is 143 Å². The average molecular weight is 347 g/mol. The van der Waals surface area contributed by atoms with Crippen LogP contribution in [0.1, 0.15) is 11.7 Å². The quantitative estimate of drug-likeness (QED) is 0.818. The molecule has 2 aromatic rings. The van der Waals surface area contributed by atoms with Crippen LogP contribution in [0.15, 0.2) is 65.6 Å². The molecule has 3 rings (SSSR count). The molecule has 0 radical (unpaired) electrons. The van der Waals surface area contributed by atoms with Crippen LogP contribution in [-0.4, -0.2) is 50.6 Å². The maximum Gasteiger partial charge on any atom is 0.243 e. The van der Waals surface area contributed by atoms with Gasteiger partial charge in [0.25, 0.3) is 0 Å². The van der Waals surface area contributed by atoms with Crippen molar-refractivity contribution in [2.45, 2.75) is 11.0 Å². The summed E-state index contributed by atoms with van der Waals surface area (Å²) < 4.78 is 26.8.